The first-order chi connectivity index (χ1) is 9.65. The Hall–Kier alpha value is -2.40. The summed E-state index contributed by atoms with van der Waals surface area (Å²) in [6.45, 7) is 2.03. The van der Waals surface area contributed by atoms with Gasteiger partial charge in [-0.15, -0.1) is 5.10 Å². The quantitative estimate of drug-likeness (QED) is 0.735. The van der Waals surface area contributed by atoms with Gasteiger partial charge in [0, 0.05) is 11.3 Å². The van der Waals surface area contributed by atoms with Crippen molar-refractivity contribution in [2.24, 2.45) is 0 Å². The Morgan fingerprint density at radius 3 is 2.55 bits per heavy atom. The molecule has 1 heterocycles. The van der Waals surface area contributed by atoms with Gasteiger partial charge < -0.3 is 5.73 Å². The van der Waals surface area contributed by atoms with Gasteiger partial charge in [-0.1, -0.05) is 29.3 Å². The van der Waals surface area contributed by atoms with Crippen LogP contribution in [-0.2, 0) is 0 Å². The number of tetrazole rings is 1. The second-order valence-corrected chi connectivity index (χ2v) is 4.90. The number of aromatic nitrogens is 4. The first-order valence-electron chi connectivity index (χ1n) is 6.06. The molecule has 0 bridgehead atoms. The van der Waals surface area contributed by atoms with E-state index in [2.05, 4.69) is 15.5 Å². The lowest BCUT2D eigenvalue weighted by atomic mass is 10.2. The zero-order valence-corrected chi connectivity index (χ0v) is 11.5. The van der Waals surface area contributed by atoms with Gasteiger partial charge in [-0.25, -0.2) is 0 Å². The maximum absolute atomic E-state index is 6.22. The first-order valence-corrected chi connectivity index (χ1v) is 6.44. The van der Waals surface area contributed by atoms with Gasteiger partial charge >= 0.3 is 0 Å². The third-order valence-corrected chi connectivity index (χ3v) is 3.29. The van der Waals surface area contributed by atoms with Crippen molar-refractivity contribution in [3.8, 4) is 17.1 Å². The lowest BCUT2D eigenvalue weighted by Crippen LogP contribution is -2.00. The number of aryl methyl sites for hydroxylation is 1. The number of hydrogen-bond donors (Lipinski definition) is 1. The molecule has 0 aliphatic carbocycles. The molecule has 0 saturated carbocycles. The summed E-state index contributed by atoms with van der Waals surface area (Å²) in [6.07, 6.45) is 0. The zero-order chi connectivity index (χ0) is 14.1. The van der Waals surface area contributed by atoms with Crippen LogP contribution in [0.25, 0.3) is 17.1 Å². The average molecular weight is 286 g/mol. The molecule has 0 atom stereocenters. The summed E-state index contributed by atoms with van der Waals surface area (Å²) in [6, 6.07) is 13.2. The van der Waals surface area contributed by atoms with E-state index in [1.165, 1.54) is 5.56 Å². The number of hydrogen-bond acceptors (Lipinski definition) is 4. The largest absolute Gasteiger partial charge is 0.399 e. The monoisotopic (exact) mass is 285 g/mol. The van der Waals surface area contributed by atoms with Crippen LogP contribution in [0.2, 0.25) is 5.02 Å². The van der Waals surface area contributed by atoms with E-state index in [1.54, 1.807) is 16.8 Å². The molecule has 5 nitrogen and oxygen atoms in total. The molecule has 6 heteroatoms. The summed E-state index contributed by atoms with van der Waals surface area (Å²) in [5, 5.41) is 12.3. The second kappa shape index (κ2) is 4.94. The number of halogens is 1. The van der Waals surface area contributed by atoms with E-state index in [-0.39, 0.29) is 0 Å². The maximum atomic E-state index is 6.22. The van der Waals surface area contributed by atoms with Gasteiger partial charge in [-0.2, -0.15) is 4.68 Å². The van der Waals surface area contributed by atoms with Gasteiger partial charge in [0.2, 0.25) is 0 Å². The molecule has 0 fully saturated rings. The van der Waals surface area contributed by atoms with Crippen LogP contribution in [0.4, 0.5) is 5.69 Å². The molecule has 0 amide bonds. The van der Waals surface area contributed by atoms with Crippen LogP contribution in [-0.4, -0.2) is 20.2 Å². The van der Waals surface area contributed by atoms with Crippen LogP contribution in [0.15, 0.2) is 42.5 Å². The van der Waals surface area contributed by atoms with Crippen LogP contribution >= 0.6 is 11.6 Å². The highest BCUT2D eigenvalue weighted by Crippen LogP contribution is 2.28. The van der Waals surface area contributed by atoms with Crippen molar-refractivity contribution in [3.05, 3.63) is 53.1 Å². The molecule has 0 aliphatic heterocycles. The van der Waals surface area contributed by atoms with Gasteiger partial charge in [0.15, 0.2) is 5.82 Å². The summed E-state index contributed by atoms with van der Waals surface area (Å²) >= 11 is 6.22. The molecule has 0 spiro atoms. The number of benzene rings is 2. The molecule has 0 radical (unpaired) electrons. The standard InChI is InChI=1S/C14H12ClN5/c1-9-2-5-11(6-3-9)20-14(17-18-19-20)12-7-4-10(16)8-13(12)15/h2-8H,16H2,1H3. The van der Waals surface area contributed by atoms with E-state index >= 15 is 0 Å². The highest BCUT2D eigenvalue weighted by atomic mass is 35.5. The van der Waals surface area contributed by atoms with Crippen molar-refractivity contribution in [3.63, 3.8) is 0 Å². The Labute approximate surface area is 121 Å². The van der Waals surface area contributed by atoms with E-state index in [0.717, 1.165) is 11.3 Å². The van der Waals surface area contributed by atoms with Gasteiger partial charge in [-0.05, 0) is 47.7 Å². The van der Waals surface area contributed by atoms with Crippen molar-refractivity contribution in [1.82, 2.24) is 20.2 Å². The lowest BCUT2D eigenvalue weighted by Gasteiger charge is -2.07. The molecule has 3 aromatic rings. The summed E-state index contributed by atoms with van der Waals surface area (Å²) in [4.78, 5) is 0. The van der Waals surface area contributed by atoms with Gasteiger partial charge in [-0.3, -0.25) is 0 Å². The van der Waals surface area contributed by atoms with E-state index in [9.17, 15) is 0 Å². The van der Waals surface area contributed by atoms with Crippen molar-refractivity contribution in [2.45, 2.75) is 6.92 Å². The number of nitrogen functional groups attached to an aromatic ring is 1. The van der Waals surface area contributed by atoms with Crippen molar-refractivity contribution in [2.75, 3.05) is 5.73 Å². The van der Waals surface area contributed by atoms with E-state index in [1.807, 2.05) is 37.3 Å². The first kappa shape index (κ1) is 12.6. The third kappa shape index (κ3) is 2.23. The Balaban J connectivity index is 2.12. The Morgan fingerprint density at radius 1 is 1.10 bits per heavy atom. The molecule has 2 N–H and O–H groups in total. The second-order valence-electron chi connectivity index (χ2n) is 4.49. The number of nitrogens with two attached hydrogens (primary N) is 1. The number of rotatable bonds is 2. The van der Waals surface area contributed by atoms with Gasteiger partial charge in [0.1, 0.15) is 0 Å². The molecule has 0 aliphatic rings. The Kier molecular flexibility index (Phi) is 3.12. The Morgan fingerprint density at radius 2 is 1.85 bits per heavy atom. The zero-order valence-electron chi connectivity index (χ0n) is 10.8. The average Bonchev–Trinajstić information content (AvgIpc) is 2.88. The van der Waals surface area contributed by atoms with Gasteiger partial charge in [0.25, 0.3) is 0 Å². The highest BCUT2D eigenvalue weighted by Gasteiger charge is 2.13. The smallest absolute Gasteiger partial charge is 0.188 e. The van der Waals surface area contributed by atoms with E-state index in [0.29, 0.717) is 16.5 Å². The summed E-state index contributed by atoms with van der Waals surface area (Å²) in [5.74, 6) is 0.582. The molecular weight excluding hydrogens is 274 g/mol. The molecule has 20 heavy (non-hydrogen) atoms. The van der Waals surface area contributed by atoms with Crippen LogP contribution < -0.4 is 5.73 Å². The van der Waals surface area contributed by atoms with Crippen molar-refractivity contribution in [1.29, 1.82) is 0 Å². The summed E-state index contributed by atoms with van der Waals surface area (Å²) in [7, 11) is 0. The molecule has 3 rings (SSSR count). The third-order valence-electron chi connectivity index (χ3n) is 2.98. The maximum Gasteiger partial charge on any atom is 0.188 e. The Bertz CT molecular complexity index is 749. The minimum absolute atomic E-state index is 0.521. The molecule has 0 saturated heterocycles. The van der Waals surface area contributed by atoms with E-state index in [4.69, 9.17) is 17.3 Å². The minimum Gasteiger partial charge on any atom is -0.399 e. The lowest BCUT2D eigenvalue weighted by molar-refractivity contribution is 0.791. The fourth-order valence-electron chi connectivity index (χ4n) is 1.93. The fraction of sp³-hybridized carbons (Fsp3) is 0.0714. The normalized spacial score (nSPS) is 10.7. The van der Waals surface area contributed by atoms with Crippen LogP contribution in [0.1, 0.15) is 5.56 Å². The molecular formula is C14H12ClN5. The predicted octanol–water partition coefficient (Wildman–Crippen LogP) is 2.87. The van der Waals surface area contributed by atoms with Crippen LogP contribution in [0, 0.1) is 6.92 Å². The summed E-state index contributed by atoms with van der Waals surface area (Å²) < 4.78 is 1.65. The highest BCUT2D eigenvalue weighted by molar-refractivity contribution is 6.33. The topological polar surface area (TPSA) is 69.6 Å². The molecule has 100 valence electrons. The predicted molar refractivity (Wildman–Crippen MR) is 78.7 cm³/mol. The van der Waals surface area contributed by atoms with Gasteiger partial charge in [0.05, 0.1) is 10.7 Å². The van der Waals surface area contributed by atoms with Crippen LogP contribution in [0.5, 0.6) is 0 Å². The van der Waals surface area contributed by atoms with Crippen molar-refractivity contribution < 1.29 is 0 Å². The molecule has 2 aromatic carbocycles. The minimum atomic E-state index is 0.521. The van der Waals surface area contributed by atoms with Crippen molar-refractivity contribution >= 4 is 17.3 Å². The SMILES string of the molecule is Cc1ccc(-n2nnnc2-c2ccc(N)cc2Cl)cc1. The molecule has 0 unspecified atom stereocenters. The molecule has 1 aromatic heterocycles. The van der Waals surface area contributed by atoms with Crippen LogP contribution in [0.3, 0.4) is 0 Å². The number of anilines is 1. The summed E-state index contributed by atoms with van der Waals surface area (Å²) in [5.41, 5.74) is 9.10. The number of nitrogens with zero attached hydrogens (tertiary/aromatic N) is 4. The van der Waals surface area contributed by atoms with E-state index < -0.39 is 0 Å². The fourth-order valence-corrected chi connectivity index (χ4v) is 2.20.